The number of carbonyl (C=O) groups excluding carboxylic acids is 3. The van der Waals surface area contributed by atoms with Gasteiger partial charge in [0, 0.05) is 5.92 Å². The second kappa shape index (κ2) is 11.8. The van der Waals surface area contributed by atoms with E-state index in [-0.39, 0.29) is 26.2 Å². The third-order valence-electron chi connectivity index (χ3n) is 7.40. The lowest BCUT2D eigenvalue weighted by atomic mass is 9.68. The largest absolute Gasteiger partial charge is 0.462 e. The van der Waals surface area contributed by atoms with Crippen LogP contribution in [0.25, 0.3) is 0 Å². The lowest BCUT2D eigenvalue weighted by Crippen LogP contribution is -2.51. The van der Waals surface area contributed by atoms with Crippen molar-refractivity contribution < 1.29 is 38.4 Å². The summed E-state index contributed by atoms with van der Waals surface area (Å²) in [6, 6.07) is 27.0. The molecule has 0 amide bonds. The van der Waals surface area contributed by atoms with E-state index < -0.39 is 54.0 Å². The molecule has 2 heterocycles. The van der Waals surface area contributed by atoms with Crippen molar-refractivity contribution in [2.75, 3.05) is 13.2 Å². The van der Waals surface area contributed by atoms with Gasteiger partial charge in [-0.25, -0.2) is 4.79 Å². The molecule has 2 aliphatic heterocycles. The minimum atomic E-state index is -1.35. The van der Waals surface area contributed by atoms with Gasteiger partial charge in [0.25, 0.3) is 0 Å². The Morgan fingerprint density at radius 3 is 1.87 bits per heavy atom. The highest BCUT2D eigenvalue weighted by Crippen LogP contribution is 2.55. The molecule has 8 nitrogen and oxygen atoms in total. The zero-order valence-electron chi connectivity index (χ0n) is 21.3. The fourth-order valence-electron chi connectivity index (χ4n) is 5.53. The van der Waals surface area contributed by atoms with Gasteiger partial charge in [0.05, 0.1) is 30.8 Å². The van der Waals surface area contributed by atoms with Gasteiger partial charge in [0.1, 0.15) is 24.7 Å². The molecule has 202 valence electrons. The molecule has 1 N–H and O–H groups in total. The number of hydrogen-bond donors (Lipinski definition) is 1. The van der Waals surface area contributed by atoms with Crippen LogP contribution >= 0.6 is 0 Å². The molecule has 2 fully saturated rings. The number of ether oxygens (including phenoxy) is 4. The molecule has 2 saturated heterocycles. The maximum atomic E-state index is 13.5. The van der Waals surface area contributed by atoms with Crippen LogP contribution in [-0.4, -0.2) is 47.9 Å². The van der Waals surface area contributed by atoms with Crippen molar-refractivity contribution in [3.8, 4) is 0 Å². The van der Waals surface area contributed by atoms with E-state index in [1.165, 1.54) is 0 Å². The number of aliphatic hydroxyl groups excluding tert-OH is 1. The first-order chi connectivity index (χ1) is 19.0. The second-order valence-electron chi connectivity index (χ2n) is 9.92. The quantitative estimate of drug-likeness (QED) is 0.312. The molecule has 8 heteroatoms. The van der Waals surface area contributed by atoms with Crippen LogP contribution in [0.1, 0.15) is 27.9 Å². The summed E-state index contributed by atoms with van der Waals surface area (Å²) < 4.78 is 23.0. The van der Waals surface area contributed by atoms with Crippen LogP contribution in [0, 0.1) is 17.8 Å². The summed E-state index contributed by atoms with van der Waals surface area (Å²) in [4.78, 5) is 39.4. The number of fused-ring (bicyclic) bond motifs is 2. The molecule has 0 spiro atoms. The monoisotopic (exact) mass is 530 g/mol. The Balaban J connectivity index is 1.34. The topological polar surface area (TPSA) is 108 Å². The van der Waals surface area contributed by atoms with Gasteiger partial charge >= 0.3 is 17.9 Å². The average molecular weight is 531 g/mol. The first-order valence-electron chi connectivity index (χ1n) is 12.9. The molecule has 0 radical (unpaired) electrons. The van der Waals surface area contributed by atoms with Crippen LogP contribution in [0.2, 0.25) is 0 Å². The van der Waals surface area contributed by atoms with Crippen LogP contribution in [0.4, 0.5) is 0 Å². The van der Waals surface area contributed by atoms with Crippen molar-refractivity contribution in [3.63, 3.8) is 0 Å². The predicted molar refractivity (Wildman–Crippen MR) is 139 cm³/mol. The van der Waals surface area contributed by atoms with Crippen LogP contribution in [0.3, 0.4) is 0 Å². The van der Waals surface area contributed by atoms with Gasteiger partial charge in [-0.3, -0.25) is 9.59 Å². The Labute approximate surface area is 226 Å². The van der Waals surface area contributed by atoms with Crippen molar-refractivity contribution in [2.45, 2.75) is 31.3 Å². The third-order valence-corrected chi connectivity index (χ3v) is 7.40. The van der Waals surface area contributed by atoms with E-state index >= 15 is 0 Å². The first-order valence-corrected chi connectivity index (χ1v) is 12.9. The van der Waals surface area contributed by atoms with Crippen molar-refractivity contribution in [3.05, 3.63) is 108 Å². The molecule has 3 aromatic carbocycles. The lowest BCUT2D eigenvalue weighted by Gasteiger charge is -2.35. The normalized spacial score (nSPS) is 25.2. The van der Waals surface area contributed by atoms with Gasteiger partial charge in [0.2, 0.25) is 0 Å². The van der Waals surface area contributed by atoms with E-state index in [4.69, 9.17) is 18.9 Å². The Hall–Kier alpha value is -4.01. The van der Waals surface area contributed by atoms with Crippen LogP contribution in [-0.2, 0) is 41.8 Å². The van der Waals surface area contributed by atoms with Crippen LogP contribution in [0.15, 0.2) is 91.0 Å². The van der Waals surface area contributed by atoms with E-state index in [9.17, 15) is 19.5 Å². The van der Waals surface area contributed by atoms with E-state index in [2.05, 4.69) is 0 Å². The summed E-state index contributed by atoms with van der Waals surface area (Å²) in [6.07, 6.45) is -0.567. The first kappa shape index (κ1) is 26.6. The molecule has 39 heavy (non-hydrogen) atoms. The van der Waals surface area contributed by atoms with Crippen molar-refractivity contribution in [1.82, 2.24) is 0 Å². The Bertz CT molecular complexity index is 1280. The zero-order chi connectivity index (χ0) is 27.2. The highest BCUT2D eigenvalue weighted by molar-refractivity contribution is 5.89. The second-order valence-corrected chi connectivity index (χ2v) is 9.92. The number of esters is 3. The van der Waals surface area contributed by atoms with Gasteiger partial charge in [-0.2, -0.15) is 0 Å². The van der Waals surface area contributed by atoms with E-state index in [1.807, 2.05) is 60.7 Å². The molecule has 5 rings (SSSR count). The third kappa shape index (κ3) is 5.72. The smallest absolute Gasteiger partial charge is 0.338 e. The van der Waals surface area contributed by atoms with Gasteiger partial charge in [-0.1, -0.05) is 78.9 Å². The number of rotatable bonds is 10. The summed E-state index contributed by atoms with van der Waals surface area (Å²) in [5, 5.41) is 10.4. The molecule has 0 saturated carbocycles. The molecular formula is C31H30O8. The lowest BCUT2D eigenvalue weighted by molar-refractivity contribution is -0.167. The Kier molecular flexibility index (Phi) is 8.05. The maximum absolute atomic E-state index is 13.5. The minimum absolute atomic E-state index is 0.0201. The standard InChI is InChI=1S/C31H30O8/c32-20-31-16-24(19-38-28(33)23-14-8-3-9-15-23)27(39-31)25(29(34)36-17-21-10-4-1-5-11-21)26(31)30(35)37-18-22-12-6-2-7-13-22/h1-15,24-27,32H,16-20H2/t24-,25-,26-,27+,31-/m0/s1. The minimum Gasteiger partial charge on any atom is -0.462 e. The molecule has 0 aliphatic carbocycles. The molecular weight excluding hydrogens is 500 g/mol. The van der Waals surface area contributed by atoms with Gasteiger partial charge in [-0.05, 0) is 29.7 Å². The van der Waals surface area contributed by atoms with Gasteiger partial charge < -0.3 is 24.1 Å². The maximum Gasteiger partial charge on any atom is 0.338 e. The SMILES string of the molecule is O=C(OC[C@@H]1C[C@@]2(CO)O[C@H]1[C@@H](C(=O)OCc1ccccc1)[C@H]2C(=O)OCc1ccccc1)c1ccccc1. The van der Waals surface area contributed by atoms with Crippen molar-refractivity contribution >= 4 is 17.9 Å². The van der Waals surface area contributed by atoms with E-state index in [0.29, 0.717) is 5.56 Å². The summed E-state index contributed by atoms with van der Waals surface area (Å²) in [5.41, 5.74) is 0.642. The van der Waals surface area contributed by atoms with E-state index in [0.717, 1.165) is 11.1 Å². The van der Waals surface area contributed by atoms with Gasteiger partial charge in [-0.15, -0.1) is 0 Å². The predicted octanol–water partition coefficient (Wildman–Crippen LogP) is 3.71. The van der Waals surface area contributed by atoms with Gasteiger partial charge in [0.15, 0.2) is 0 Å². The highest BCUT2D eigenvalue weighted by Gasteiger charge is 2.68. The van der Waals surface area contributed by atoms with Crippen LogP contribution in [0.5, 0.6) is 0 Å². The zero-order valence-corrected chi connectivity index (χ0v) is 21.3. The number of carbonyl (C=O) groups is 3. The molecule has 3 aromatic rings. The Morgan fingerprint density at radius 1 is 0.769 bits per heavy atom. The molecule has 0 aromatic heterocycles. The fraction of sp³-hybridized carbons (Fsp3) is 0.323. The van der Waals surface area contributed by atoms with E-state index in [1.54, 1.807) is 30.3 Å². The molecule has 2 aliphatic rings. The number of benzene rings is 3. The molecule has 2 bridgehead atoms. The summed E-state index contributed by atoms with van der Waals surface area (Å²) in [7, 11) is 0. The summed E-state index contributed by atoms with van der Waals surface area (Å²) in [6.45, 7) is -0.491. The molecule has 5 atom stereocenters. The number of hydrogen-bond acceptors (Lipinski definition) is 8. The summed E-state index contributed by atoms with van der Waals surface area (Å²) >= 11 is 0. The summed E-state index contributed by atoms with van der Waals surface area (Å²) in [5.74, 6) is -4.29. The average Bonchev–Trinajstić information content (AvgIpc) is 3.53. The van der Waals surface area contributed by atoms with Crippen molar-refractivity contribution in [2.24, 2.45) is 17.8 Å². The number of aliphatic hydroxyl groups is 1. The van der Waals surface area contributed by atoms with Crippen molar-refractivity contribution in [1.29, 1.82) is 0 Å². The molecule has 0 unspecified atom stereocenters. The highest BCUT2D eigenvalue weighted by atomic mass is 16.6. The Morgan fingerprint density at radius 2 is 1.31 bits per heavy atom. The fourth-order valence-corrected chi connectivity index (χ4v) is 5.53. The van der Waals surface area contributed by atoms with Crippen LogP contribution < -0.4 is 0 Å².